The predicted molar refractivity (Wildman–Crippen MR) is 397 cm³/mol. The number of carbonyl (C=O) groups excluding carboxylic acids is 1. The first-order valence-corrected chi connectivity index (χ1v) is 39.5. The zero-order chi connectivity index (χ0) is 72.5. The Bertz CT molecular complexity index is 2190. The van der Waals surface area contributed by atoms with Crippen molar-refractivity contribution in [1.82, 2.24) is 5.32 Å². The van der Waals surface area contributed by atoms with E-state index < -0.39 is 124 Å². The number of nitrogens with one attached hydrogen (secondary N) is 1. The van der Waals surface area contributed by atoms with Gasteiger partial charge < -0.3 is 89.9 Å². The first-order valence-electron chi connectivity index (χ1n) is 39.5. The van der Waals surface area contributed by atoms with Gasteiger partial charge in [-0.05, 0) is 77.0 Å². The second-order valence-electron chi connectivity index (χ2n) is 27.8. The highest BCUT2D eigenvalue weighted by molar-refractivity contribution is 5.76. The van der Waals surface area contributed by atoms with Crippen LogP contribution in [0.4, 0.5) is 0 Å². The van der Waals surface area contributed by atoms with E-state index in [0.29, 0.717) is 6.42 Å². The first-order chi connectivity index (χ1) is 48.8. The molecule has 19 nitrogen and oxygen atoms in total. The lowest BCUT2D eigenvalue weighted by Crippen LogP contribution is -2.66. The second kappa shape index (κ2) is 60.9. The number of hydrogen-bond donors (Lipinski definition) is 12. The van der Waals surface area contributed by atoms with Gasteiger partial charge in [0.15, 0.2) is 18.9 Å². The molecule has 3 rings (SSSR count). The maximum absolute atomic E-state index is 13.5. The summed E-state index contributed by atoms with van der Waals surface area (Å²) in [6, 6.07) is -0.988. The van der Waals surface area contributed by atoms with E-state index in [-0.39, 0.29) is 18.9 Å². The molecule has 17 atom stereocenters. The molecule has 3 aliphatic heterocycles. The summed E-state index contributed by atoms with van der Waals surface area (Å²) in [7, 11) is 0. The molecular weight excluding hydrogens is 1270 g/mol. The van der Waals surface area contributed by atoms with Crippen LogP contribution in [0.15, 0.2) is 97.2 Å². The number of amides is 1. The maximum atomic E-state index is 13.5. The summed E-state index contributed by atoms with van der Waals surface area (Å²) in [5.41, 5.74) is 0. The van der Waals surface area contributed by atoms with E-state index in [2.05, 4.69) is 104 Å². The Balaban J connectivity index is 1.40. The van der Waals surface area contributed by atoms with Gasteiger partial charge in [0.2, 0.25) is 5.91 Å². The Kier molecular flexibility index (Phi) is 55.4. The first kappa shape index (κ1) is 90.9. The third-order valence-corrected chi connectivity index (χ3v) is 19.1. The third-order valence-electron chi connectivity index (χ3n) is 19.1. The molecule has 578 valence electrons. The SMILES string of the molecule is CC/C=C\C/C=C\C/C=C\C/C=C\C/C=C\C/C=C\C/C=C\CCCCCCCCCC(=O)NC(COC1OC(CO)C(OC2OC(CO)C(OC3OC(CO)C(O)C(O)C3O)C(O)C2O)C(O)C1O)C(O)/C=C/CCCCCCCCCCCCCCCCCCCCCCCCCC. The minimum absolute atomic E-state index is 0.225. The molecule has 3 heterocycles. The van der Waals surface area contributed by atoms with Crippen molar-refractivity contribution in [2.45, 2.75) is 381 Å². The van der Waals surface area contributed by atoms with Gasteiger partial charge in [-0.1, -0.05) is 291 Å². The molecule has 0 aromatic rings. The molecule has 3 fully saturated rings. The van der Waals surface area contributed by atoms with Crippen LogP contribution in [0.3, 0.4) is 0 Å². The molecule has 0 bridgehead atoms. The maximum Gasteiger partial charge on any atom is 0.220 e. The number of hydrogen-bond acceptors (Lipinski definition) is 18. The normalized spacial score (nSPS) is 27.0. The van der Waals surface area contributed by atoms with E-state index in [1.54, 1.807) is 6.08 Å². The fourth-order valence-electron chi connectivity index (χ4n) is 12.8. The van der Waals surface area contributed by atoms with E-state index in [1.807, 2.05) is 6.08 Å². The zero-order valence-electron chi connectivity index (χ0n) is 61.6. The van der Waals surface area contributed by atoms with Crippen LogP contribution in [0.2, 0.25) is 0 Å². The molecule has 0 aromatic carbocycles. The Morgan fingerprint density at radius 2 is 0.690 bits per heavy atom. The van der Waals surface area contributed by atoms with Gasteiger partial charge >= 0.3 is 0 Å². The van der Waals surface area contributed by atoms with Crippen LogP contribution in [-0.2, 0) is 33.2 Å². The standard InChI is InChI=1S/C81H141NO18/c1-3-5-7-9-11-13-15-17-19-21-23-25-27-29-31-32-33-35-37-39-41-43-45-47-49-51-53-55-57-59-69(87)82-64(65(86)58-56-54-52-50-48-46-44-42-40-38-36-34-30-28-26-24-22-20-18-16-14-12-10-8-6-4-2)63-95-79-75(93)72(90)77(67(61-84)97-79)100-81-76(94)73(91)78(68(62-85)98-81)99-80-74(92)71(89)70(88)66(60-83)96-80/h5,7,11,13,17,19,23,25,29,31,33,35,39,41,56,58,64-68,70-81,83-86,88-94H,3-4,6,8-10,12,14-16,18,20-22,24,26-28,30,32,34,36-38,40,42-55,57,59-63H2,1-2H3,(H,82,87)/b7-5-,13-11-,19-17-,25-23-,31-29-,35-33-,41-39-,58-56+. The molecule has 0 radical (unpaired) electrons. The van der Waals surface area contributed by atoms with Gasteiger partial charge in [0.1, 0.15) is 73.2 Å². The van der Waals surface area contributed by atoms with Crippen LogP contribution in [0.25, 0.3) is 0 Å². The van der Waals surface area contributed by atoms with Crippen LogP contribution < -0.4 is 5.32 Å². The van der Waals surface area contributed by atoms with Crippen molar-refractivity contribution in [3.63, 3.8) is 0 Å². The molecule has 19 heteroatoms. The van der Waals surface area contributed by atoms with Crippen molar-refractivity contribution >= 4 is 5.91 Å². The monoisotopic (exact) mass is 1420 g/mol. The summed E-state index contributed by atoms with van der Waals surface area (Å²) < 4.78 is 34.4. The van der Waals surface area contributed by atoms with E-state index in [1.165, 1.54) is 135 Å². The number of aliphatic hydroxyl groups excluding tert-OH is 11. The summed E-state index contributed by atoms with van der Waals surface area (Å²) >= 11 is 0. The van der Waals surface area contributed by atoms with Crippen LogP contribution in [0.5, 0.6) is 0 Å². The molecule has 3 saturated heterocycles. The van der Waals surface area contributed by atoms with Crippen LogP contribution in [-0.4, -0.2) is 193 Å². The number of ether oxygens (including phenoxy) is 6. The average molecular weight is 1420 g/mol. The largest absolute Gasteiger partial charge is 0.394 e. The minimum Gasteiger partial charge on any atom is -0.394 e. The number of allylic oxidation sites excluding steroid dienone is 15. The van der Waals surface area contributed by atoms with Crippen LogP contribution >= 0.6 is 0 Å². The van der Waals surface area contributed by atoms with Gasteiger partial charge in [-0.2, -0.15) is 0 Å². The Labute approximate surface area is 603 Å². The van der Waals surface area contributed by atoms with E-state index in [9.17, 15) is 61.0 Å². The number of unbranched alkanes of at least 4 members (excludes halogenated alkanes) is 31. The van der Waals surface area contributed by atoms with Crippen molar-refractivity contribution in [1.29, 1.82) is 0 Å². The number of rotatable bonds is 61. The van der Waals surface area contributed by atoms with Crippen molar-refractivity contribution in [3.8, 4) is 0 Å². The molecule has 3 aliphatic rings. The summed E-state index contributed by atoms with van der Waals surface area (Å²) in [5, 5.41) is 121. The second-order valence-corrected chi connectivity index (χ2v) is 27.8. The molecule has 1 amide bonds. The molecule has 0 aliphatic carbocycles. The molecule has 0 saturated carbocycles. The van der Waals surface area contributed by atoms with E-state index >= 15 is 0 Å². The highest BCUT2D eigenvalue weighted by Gasteiger charge is 2.53. The van der Waals surface area contributed by atoms with Crippen molar-refractivity contribution in [3.05, 3.63) is 97.2 Å². The Morgan fingerprint density at radius 3 is 1.08 bits per heavy atom. The van der Waals surface area contributed by atoms with E-state index in [0.717, 1.165) is 116 Å². The lowest BCUT2D eigenvalue weighted by Gasteiger charge is -2.48. The van der Waals surface area contributed by atoms with Crippen LogP contribution in [0, 0.1) is 0 Å². The van der Waals surface area contributed by atoms with Gasteiger partial charge in [-0.15, -0.1) is 0 Å². The fourth-order valence-corrected chi connectivity index (χ4v) is 12.8. The highest BCUT2D eigenvalue weighted by atomic mass is 16.8. The lowest BCUT2D eigenvalue weighted by atomic mass is 9.96. The number of aliphatic hydroxyl groups is 11. The lowest BCUT2D eigenvalue weighted by molar-refractivity contribution is -0.379. The summed E-state index contributed by atoms with van der Waals surface area (Å²) in [5.74, 6) is -0.288. The van der Waals surface area contributed by atoms with Gasteiger partial charge in [-0.25, -0.2) is 0 Å². The van der Waals surface area contributed by atoms with Gasteiger partial charge in [0.05, 0.1) is 38.6 Å². The van der Waals surface area contributed by atoms with Crippen molar-refractivity contribution < 1.29 is 89.4 Å². The minimum atomic E-state index is -1.98. The van der Waals surface area contributed by atoms with Crippen molar-refractivity contribution in [2.24, 2.45) is 0 Å². The van der Waals surface area contributed by atoms with Crippen molar-refractivity contribution in [2.75, 3.05) is 26.4 Å². The van der Waals surface area contributed by atoms with Gasteiger partial charge in [0.25, 0.3) is 0 Å². The molecule has 100 heavy (non-hydrogen) atoms. The molecular formula is C81H141NO18. The topological polar surface area (TPSA) is 307 Å². The van der Waals surface area contributed by atoms with E-state index in [4.69, 9.17) is 28.4 Å². The Hall–Kier alpha value is -3.29. The molecule has 0 aromatic heterocycles. The zero-order valence-corrected chi connectivity index (χ0v) is 61.6. The summed E-state index contributed by atoms with van der Waals surface area (Å²) in [4.78, 5) is 13.5. The molecule has 12 N–H and O–H groups in total. The number of carbonyl (C=O) groups is 1. The van der Waals surface area contributed by atoms with Gasteiger partial charge in [-0.3, -0.25) is 4.79 Å². The highest BCUT2D eigenvalue weighted by Crippen LogP contribution is 2.33. The fraction of sp³-hybridized carbons (Fsp3) is 0.790. The summed E-state index contributed by atoms with van der Waals surface area (Å²) in [6.07, 6.45) is 55.2. The predicted octanol–water partition coefficient (Wildman–Crippen LogP) is 12.8. The third kappa shape index (κ3) is 40.8. The summed E-state index contributed by atoms with van der Waals surface area (Å²) in [6.45, 7) is 1.63. The Morgan fingerprint density at radius 1 is 0.370 bits per heavy atom. The smallest absolute Gasteiger partial charge is 0.220 e. The quantitative estimate of drug-likeness (QED) is 0.0199. The van der Waals surface area contributed by atoms with Gasteiger partial charge in [0, 0.05) is 6.42 Å². The average Bonchev–Trinajstić information content (AvgIpc) is 0.783. The molecule has 0 spiro atoms. The molecule has 17 unspecified atom stereocenters. The van der Waals surface area contributed by atoms with Crippen LogP contribution in [0.1, 0.15) is 277 Å².